The number of hydrogen-bond donors (Lipinski definition) is 1. The summed E-state index contributed by atoms with van der Waals surface area (Å²) in [5.74, 6) is 0.598. The number of esters is 1. The average molecular weight is 362 g/mol. The lowest BCUT2D eigenvalue weighted by molar-refractivity contribution is -0.147. The van der Waals surface area contributed by atoms with Crippen LogP contribution in [0.4, 0.5) is 0 Å². The number of hydrogen-bond acceptors (Lipinski definition) is 3. The lowest BCUT2D eigenvalue weighted by Crippen LogP contribution is -2.37. The van der Waals surface area contributed by atoms with Gasteiger partial charge < -0.3 is 10.1 Å². The van der Waals surface area contributed by atoms with E-state index in [1.54, 1.807) is 0 Å². The fraction of sp³-hybridized carbons (Fsp3) is 0.562. The zero-order valence-corrected chi connectivity index (χ0v) is 15.7. The van der Waals surface area contributed by atoms with E-state index in [2.05, 4.69) is 5.32 Å². The summed E-state index contributed by atoms with van der Waals surface area (Å²) < 4.78 is 5.42. The van der Waals surface area contributed by atoms with E-state index in [0.29, 0.717) is 18.6 Å². The maximum Gasteiger partial charge on any atom is 0.323 e. The highest BCUT2D eigenvalue weighted by molar-refractivity contribution is 7.59. The van der Waals surface area contributed by atoms with Gasteiger partial charge in [-0.3, -0.25) is 4.79 Å². The van der Waals surface area contributed by atoms with E-state index in [9.17, 15) is 4.79 Å². The minimum absolute atomic E-state index is 0. The van der Waals surface area contributed by atoms with Crippen LogP contribution < -0.4 is 5.32 Å². The van der Waals surface area contributed by atoms with Gasteiger partial charge >= 0.3 is 5.97 Å². The van der Waals surface area contributed by atoms with Crippen LogP contribution in [0.15, 0.2) is 30.3 Å². The Kier molecular flexibility index (Phi) is 10.3. The Morgan fingerprint density at radius 2 is 1.77 bits per heavy atom. The monoisotopic (exact) mass is 361 g/mol. The molecular formula is C16H27NO2S3. The van der Waals surface area contributed by atoms with Gasteiger partial charge in [0, 0.05) is 6.04 Å². The molecule has 0 unspecified atom stereocenters. The van der Waals surface area contributed by atoms with Crippen LogP contribution in [0, 0.1) is 5.92 Å². The molecule has 0 aromatic heterocycles. The van der Waals surface area contributed by atoms with Crippen molar-refractivity contribution in [3.8, 4) is 0 Å². The van der Waals surface area contributed by atoms with E-state index in [1.165, 1.54) is 25.7 Å². The van der Waals surface area contributed by atoms with Gasteiger partial charge in [-0.05, 0) is 30.7 Å². The lowest BCUT2D eigenvalue weighted by atomic mass is 9.85. The molecule has 1 aliphatic heterocycles. The van der Waals surface area contributed by atoms with Gasteiger partial charge in [0.05, 0.1) is 0 Å². The summed E-state index contributed by atoms with van der Waals surface area (Å²) in [6.45, 7) is 0.382. The van der Waals surface area contributed by atoms with Crippen LogP contribution in [0.2, 0.25) is 0 Å². The SMILES string of the molecule is O=C(OCc1ccccc1)[C@@H]1C[C@@H]2CCCC[C@@H]2N1.S.S.S. The van der Waals surface area contributed by atoms with E-state index in [1.807, 2.05) is 30.3 Å². The fourth-order valence-corrected chi connectivity index (χ4v) is 3.33. The second kappa shape index (κ2) is 10.5. The average Bonchev–Trinajstić information content (AvgIpc) is 2.90. The number of carbonyl (C=O) groups is 1. The van der Waals surface area contributed by atoms with Crippen LogP contribution in [-0.2, 0) is 16.1 Å². The highest BCUT2D eigenvalue weighted by atomic mass is 32.1. The predicted octanol–water partition coefficient (Wildman–Crippen LogP) is 2.99. The molecule has 6 heteroatoms. The third kappa shape index (κ3) is 5.41. The molecular weight excluding hydrogens is 334 g/mol. The van der Waals surface area contributed by atoms with Gasteiger partial charge in [0.2, 0.25) is 0 Å². The Hall–Kier alpha value is -0.300. The van der Waals surface area contributed by atoms with Crippen molar-refractivity contribution >= 4 is 46.5 Å². The molecule has 1 aromatic rings. The molecule has 0 spiro atoms. The maximum absolute atomic E-state index is 12.1. The molecule has 2 aliphatic rings. The van der Waals surface area contributed by atoms with Crippen molar-refractivity contribution in [3.63, 3.8) is 0 Å². The first-order valence-corrected chi connectivity index (χ1v) is 7.29. The van der Waals surface area contributed by atoms with E-state index >= 15 is 0 Å². The van der Waals surface area contributed by atoms with Crippen LogP contribution in [0.25, 0.3) is 0 Å². The molecule has 1 saturated heterocycles. The minimum atomic E-state index is -0.0863. The zero-order chi connectivity index (χ0) is 13.1. The molecule has 126 valence electrons. The van der Waals surface area contributed by atoms with Gasteiger partial charge in [-0.15, -0.1) is 0 Å². The molecule has 1 aliphatic carbocycles. The summed E-state index contributed by atoms with van der Waals surface area (Å²) in [4.78, 5) is 12.1. The molecule has 0 bridgehead atoms. The van der Waals surface area contributed by atoms with Crippen molar-refractivity contribution < 1.29 is 9.53 Å². The highest BCUT2D eigenvalue weighted by Crippen LogP contribution is 2.33. The van der Waals surface area contributed by atoms with Crippen molar-refractivity contribution in [1.29, 1.82) is 0 Å². The quantitative estimate of drug-likeness (QED) is 0.841. The topological polar surface area (TPSA) is 38.3 Å². The van der Waals surface area contributed by atoms with Crippen LogP contribution in [0.1, 0.15) is 37.7 Å². The Labute approximate surface area is 153 Å². The number of ether oxygens (including phenoxy) is 1. The summed E-state index contributed by atoms with van der Waals surface area (Å²) in [6.07, 6.45) is 6.04. The zero-order valence-electron chi connectivity index (χ0n) is 12.7. The van der Waals surface area contributed by atoms with Gasteiger partial charge in [0.15, 0.2) is 0 Å². The smallest absolute Gasteiger partial charge is 0.323 e. The number of carbonyl (C=O) groups excluding carboxylic acids is 1. The van der Waals surface area contributed by atoms with Gasteiger partial charge in [-0.1, -0.05) is 43.2 Å². The molecule has 3 atom stereocenters. The lowest BCUT2D eigenvalue weighted by Gasteiger charge is -2.24. The van der Waals surface area contributed by atoms with Gasteiger partial charge in [-0.25, -0.2) is 0 Å². The van der Waals surface area contributed by atoms with Crippen molar-refractivity contribution in [2.75, 3.05) is 0 Å². The van der Waals surface area contributed by atoms with Crippen molar-refractivity contribution in [2.45, 2.75) is 50.8 Å². The van der Waals surface area contributed by atoms with Crippen LogP contribution >= 0.6 is 40.5 Å². The summed E-state index contributed by atoms with van der Waals surface area (Å²) in [5.41, 5.74) is 1.05. The largest absolute Gasteiger partial charge is 0.460 e. The molecule has 1 saturated carbocycles. The van der Waals surface area contributed by atoms with E-state index in [-0.39, 0.29) is 52.5 Å². The minimum Gasteiger partial charge on any atom is -0.460 e. The summed E-state index contributed by atoms with van der Waals surface area (Å²) in [6, 6.07) is 10.3. The number of nitrogens with one attached hydrogen (secondary N) is 1. The summed E-state index contributed by atoms with van der Waals surface area (Å²) in [7, 11) is 0. The Morgan fingerprint density at radius 1 is 1.09 bits per heavy atom. The normalized spacial score (nSPS) is 25.7. The molecule has 0 radical (unpaired) electrons. The second-order valence-electron chi connectivity index (χ2n) is 5.70. The Balaban J connectivity index is 0.00000147. The van der Waals surface area contributed by atoms with Crippen LogP contribution in [-0.4, -0.2) is 18.1 Å². The molecule has 2 fully saturated rings. The van der Waals surface area contributed by atoms with Crippen molar-refractivity contribution in [3.05, 3.63) is 35.9 Å². The summed E-state index contributed by atoms with van der Waals surface area (Å²) >= 11 is 0. The Bertz CT molecular complexity index is 430. The van der Waals surface area contributed by atoms with Gasteiger partial charge in [-0.2, -0.15) is 40.5 Å². The molecule has 0 amide bonds. The van der Waals surface area contributed by atoms with Gasteiger partial charge in [0.25, 0.3) is 0 Å². The molecule has 1 N–H and O–H groups in total. The van der Waals surface area contributed by atoms with Crippen LogP contribution in [0.3, 0.4) is 0 Å². The second-order valence-corrected chi connectivity index (χ2v) is 5.70. The van der Waals surface area contributed by atoms with Crippen LogP contribution in [0.5, 0.6) is 0 Å². The first-order valence-electron chi connectivity index (χ1n) is 7.29. The first kappa shape index (κ1) is 21.7. The standard InChI is InChI=1S/C16H21NO2.3H2S/c18-16(19-11-12-6-2-1-3-7-12)15-10-13-8-4-5-9-14(13)17-15;;;/h1-3,6-7,13-15,17H,4-5,8-11H2;3*1H2/t13-,14-,15-;;;/m0.../s1. The van der Waals surface area contributed by atoms with Crippen molar-refractivity contribution in [1.82, 2.24) is 5.32 Å². The van der Waals surface area contributed by atoms with Crippen molar-refractivity contribution in [2.24, 2.45) is 5.92 Å². The predicted molar refractivity (Wildman–Crippen MR) is 105 cm³/mol. The number of rotatable bonds is 3. The third-order valence-electron chi connectivity index (χ3n) is 4.37. The van der Waals surface area contributed by atoms with Gasteiger partial charge in [0.1, 0.15) is 12.6 Å². The summed E-state index contributed by atoms with van der Waals surface area (Å²) in [5, 5.41) is 3.45. The first-order chi connectivity index (χ1) is 9.33. The number of benzene rings is 1. The third-order valence-corrected chi connectivity index (χ3v) is 4.37. The molecule has 1 heterocycles. The fourth-order valence-electron chi connectivity index (χ4n) is 3.33. The Morgan fingerprint density at radius 3 is 2.45 bits per heavy atom. The maximum atomic E-state index is 12.1. The molecule has 3 nitrogen and oxygen atoms in total. The van der Waals surface area contributed by atoms with E-state index < -0.39 is 0 Å². The molecule has 22 heavy (non-hydrogen) atoms. The molecule has 1 aromatic carbocycles. The number of fused-ring (bicyclic) bond motifs is 1. The molecule has 3 rings (SSSR count). The van der Waals surface area contributed by atoms with E-state index in [0.717, 1.165) is 12.0 Å². The van der Waals surface area contributed by atoms with E-state index in [4.69, 9.17) is 4.74 Å². The highest BCUT2D eigenvalue weighted by Gasteiger charge is 2.38.